The van der Waals surface area contributed by atoms with Crippen molar-refractivity contribution >= 4 is 43.2 Å². The van der Waals surface area contributed by atoms with Crippen molar-refractivity contribution in [3.8, 4) is 5.75 Å². The van der Waals surface area contributed by atoms with E-state index in [4.69, 9.17) is 21.1 Å². The van der Waals surface area contributed by atoms with Gasteiger partial charge in [0.05, 0.1) is 41.6 Å². The Morgan fingerprint density at radius 1 is 1.12 bits per heavy atom. The summed E-state index contributed by atoms with van der Waals surface area (Å²) in [5.41, 5.74) is 0.247. The van der Waals surface area contributed by atoms with E-state index < -0.39 is 38.1 Å². The number of aryl methyl sites for hydroxylation is 1. The number of ether oxygens (including phenoxy) is 2. The Morgan fingerprint density at radius 3 is 2.48 bits per heavy atom. The molecule has 2 heterocycles. The topological polar surface area (TPSA) is 160 Å². The molecule has 0 spiro atoms. The summed E-state index contributed by atoms with van der Waals surface area (Å²) in [4.78, 5) is 19.8. The summed E-state index contributed by atoms with van der Waals surface area (Å²) >= 11 is 5.94. The van der Waals surface area contributed by atoms with E-state index in [1.54, 1.807) is 24.6 Å². The maximum atomic E-state index is 14.3. The molecule has 48 heavy (non-hydrogen) atoms. The van der Waals surface area contributed by atoms with Gasteiger partial charge in [0.15, 0.2) is 5.03 Å². The molecule has 0 bridgehead atoms. The van der Waals surface area contributed by atoms with Gasteiger partial charge in [0, 0.05) is 56.6 Å². The predicted molar refractivity (Wildman–Crippen MR) is 182 cm³/mol. The summed E-state index contributed by atoms with van der Waals surface area (Å²) < 4.78 is 70.7. The summed E-state index contributed by atoms with van der Waals surface area (Å²) in [6, 6.07) is 9.55. The van der Waals surface area contributed by atoms with Gasteiger partial charge >= 0.3 is 0 Å². The van der Waals surface area contributed by atoms with Crippen LogP contribution in [0.15, 0.2) is 64.9 Å². The number of benzene rings is 2. The maximum Gasteiger partial charge on any atom is 0.261 e. The molecule has 0 unspecified atom stereocenters. The van der Waals surface area contributed by atoms with Gasteiger partial charge in [-0.05, 0) is 75.6 Å². The van der Waals surface area contributed by atoms with Gasteiger partial charge in [0.25, 0.3) is 26.0 Å². The Labute approximate surface area is 287 Å². The molecule has 0 fully saturated rings. The van der Waals surface area contributed by atoms with Crippen molar-refractivity contribution < 1.29 is 36.2 Å². The van der Waals surface area contributed by atoms with E-state index in [0.29, 0.717) is 24.5 Å². The summed E-state index contributed by atoms with van der Waals surface area (Å²) in [5, 5.41) is 10.5. The molecule has 13 nitrogen and oxygen atoms in total. The minimum atomic E-state index is -4.02. The molecule has 264 valence electrons. The average Bonchev–Trinajstić information content (AvgIpc) is 3.49. The highest BCUT2D eigenvalue weighted by Crippen LogP contribution is 2.30. The van der Waals surface area contributed by atoms with E-state index >= 15 is 0 Å². The lowest BCUT2D eigenvalue weighted by Gasteiger charge is -2.35. The Hall–Kier alpha value is -3.21. The molecule has 0 saturated heterocycles. The highest BCUT2D eigenvalue weighted by atomic mass is 35.5. The Morgan fingerprint density at radius 2 is 1.83 bits per heavy atom. The van der Waals surface area contributed by atoms with Crippen LogP contribution in [0.3, 0.4) is 0 Å². The first-order chi connectivity index (χ1) is 22.6. The largest absolute Gasteiger partial charge is 0.490 e. The van der Waals surface area contributed by atoms with Gasteiger partial charge < -0.3 is 24.0 Å². The van der Waals surface area contributed by atoms with Crippen LogP contribution in [0.1, 0.15) is 50.4 Å². The third kappa shape index (κ3) is 9.27. The normalized spacial score (nSPS) is 20.9. The van der Waals surface area contributed by atoms with Crippen LogP contribution in [-0.4, -0.2) is 98.2 Å². The van der Waals surface area contributed by atoms with Crippen LogP contribution in [0.4, 0.5) is 5.69 Å². The maximum absolute atomic E-state index is 14.3. The van der Waals surface area contributed by atoms with E-state index in [-0.39, 0.29) is 58.6 Å². The van der Waals surface area contributed by atoms with Gasteiger partial charge in [-0.15, -0.1) is 0 Å². The number of carbonyl (C=O) groups excluding carboxylic acids is 1. The quantitative estimate of drug-likeness (QED) is 0.333. The van der Waals surface area contributed by atoms with Gasteiger partial charge in [-0.25, -0.2) is 21.8 Å². The highest BCUT2D eigenvalue weighted by molar-refractivity contribution is 7.92. The zero-order valence-corrected chi connectivity index (χ0v) is 30.1. The number of aliphatic hydroxyl groups is 1. The number of hydrogen-bond acceptors (Lipinski definition) is 9. The fraction of sp³-hybridized carbons (Fsp3) is 0.500. The number of fused-ring (bicyclic) bond motifs is 1. The summed E-state index contributed by atoms with van der Waals surface area (Å²) in [5.74, 6) is -0.610. The minimum Gasteiger partial charge on any atom is -0.490 e. The Kier molecular flexibility index (Phi) is 12.5. The van der Waals surface area contributed by atoms with Crippen molar-refractivity contribution in [2.24, 2.45) is 13.0 Å². The van der Waals surface area contributed by atoms with E-state index in [1.165, 1.54) is 65.2 Å². The van der Waals surface area contributed by atoms with Crippen molar-refractivity contribution in [2.75, 3.05) is 38.1 Å². The van der Waals surface area contributed by atoms with Gasteiger partial charge in [-0.3, -0.25) is 9.52 Å². The van der Waals surface area contributed by atoms with Gasteiger partial charge in [0.1, 0.15) is 5.75 Å². The first kappa shape index (κ1) is 37.6. The molecule has 0 aliphatic carbocycles. The van der Waals surface area contributed by atoms with Crippen LogP contribution in [0, 0.1) is 5.92 Å². The third-order valence-corrected chi connectivity index (χ3v) is 11.6. The number of likely N-dealkylation sites (N-methyl/N-ethyl adjacent to an activating group) is 1. The molecule has 16 heteroatoms. The second-order valence-corrected chi connectivity index (χ2v) is 16.3. The lowest BCUT2D eigenvalue weighted by atomic mass is 10.0. The van der Waals surface area contributed by atoms with Crippen molar-refractivity contribution in [2.45, 2.75) is 68.2 Å². The Bertz CT molecular complexity index is 1770. The number of carbonyl (C=O) groups is 1. The molecule has 1 aliphatic rings. The monoisotopic (exact) mass is 725 g/mol. The van der Waals surface area contributed by atoms with Crippen LogP contribution >= 0.6 is 11.6 Å². The second-order valence-electron chi connectivity index (χ2n) is 12.2. The van der Waals surface area contributed by atoms with Crippen LogP contribution in [0.25, 0.3) is 0 Å². The SMILES string of the molecule is C[C@@H]1CCCCO[C@H](CN(C)S(=O)(=O)c2cn(C)cn2)[C@@H](C)CN([C@H](C)CO)C(=O)c2cc(NS(=O)(=O)c3ccc(Cl)cc3)ccc2O1. The number of halogens is 1. The van der Waals surface area contributed by atoms with Gasteiger partial charge in [0.2, 0.25) is 0 Å². The summed E-state index contributed by atoms with van der Waals surface area (Å²) in [6.45, 7) is 5.55. The number of nitrogens with one attached hydrogen (secondary N) is 1. The molecule has 2 aromatic carbocycles. The van der Waals surface area contributed by atoms with Gasteiger partial charge in [-0.2, -0.15) is 4.31 Å². The zero-order valence-electron chi connectivity index (χ0n) is 27.7. The predicted octanol–water partition coefficient (Wildman–Crippen LogP) is 3.99. The van der Waals surface area contributed by atoms with Crippen LogP contribution in [0.5, 0.6) is 5.75 Å². The van der Waals surface area contributed by atoms with Crippen molar-refractivity contribution in [3.05, 3.63) is 65.6 Å². The molecule has 3 aromatic rings. The second kappa shape index (κ2) is 16.0. The minimum absolute atomic E-state index is 0.00232. The summed E-state index contributed by atoms with van der Waals surface area (Å²) in [6.07, 6.45) is 4.04. The highest BCUT2D eigenvalue weighted by Gasteiger charge is 2.33. The number of aliphatic hydroxyl groups excluding tert-OH is 1. The first-order valence-corrected chi connectivity index (χ1v) is 19.0. The van der Waals surface area contributed by atoms with Crippen molar-refractivity contribution in [1.29, 1.82) is 0 Å². The zero-order chi connectivity index (χ0) is 35.2. The average molecular weight is 726 g/mol. The molecule has 1 amide bonds. The first-order valence-electron chi connectivity index (χ1n) is 15.7. The van der Waals surface area contributed by atoms with Crippen LogP contribution in [-0.2, 0) is 31.8 Å². The molecular weight excluding hydrogens is 682 g/mol. The number of amides is 1. The van der Waals surface area contributed by atoms with Crippen molar-refractivity contribution in [3.63, 3.8) is 0 Å². The van der Waals surface area contributed by atoms with E-state index in [1.807, 2.05) is 13.8 Å². The number of nitrogens with zero attached hydrogens (tertiary/aromatic N) is 4. The van der Waals surface area contributed by atoms with Gasteiger partial charge in [-0.1, -0.05) is 18.5 Å². The smallest absolute Gasteiger partial charge is 0.261 e. The Balaban J connectivity index is 1.68. The number of sulfonamides is 2. The number of aromatic nitrogens is 2. The molecule has 2 N–H and O–H groups in total. The summed E-state index contributed by atoms with van der Waals surface area (Å²) in [7, 11) is -4.78. The van der Waals surface area contributed by atoms with Crippen LogP contribution < -0.4 is 9.46 Å². The van der Waals surface area contributed by atoms with Crippen LogP contribution in [0.2, 0.25) is 5.02 Å². The standard InChI is InChI=1S/C32H44ClN5O8S2/c1-22-17-38(23(2)20-39)32(40)28-16-26(35-47(41,42)27-12-9-25(33)10-13-27)11-14-29(28)46-24(3)8-6-7-15-45-30(22)18-37(5)48(43,44)31-19-36(4)21-34-31/h9-14,16,19,21-24,30,35,39H,6-8,15,17-18,20H2,1-5H3/t22-,23+,24+,30+/m0/s1. The molecule has 1 aromatic heterocycles. The van der Waals surface area contributed by atoms with E-state index in [0.717, 1.165) is 6.42 Å². The number of imidazole rings is 1. The molecule has 4 atom stereocenters. The molecule has 0 saturated carbocycles. The number of hydrogen-bond donors (Lipinski definition) is 2. The number of rotatable bonds is 9. The van der Waals surface area contributed by atoms with Crippen molar-refractivity contribution in [1.82, 2.24) is 18.8 Å². The fourth-order valence-corrected chi connectivity index (χ4v) is 7.63. The third-order valence-electron chi connectivity index (χ3n) is 8.22. The molecule has 4 rings (SSSR count). The van der Waals surface area contributed by atoms with E-state index in [2.05, 4.69) is 9.71 Å². The lowest BCUT2D eigenvalue weighted by Crippen LogP contribution is -2.48. The molecule has 0 radical (unpaired) electrons. The molecule has 1 aliphatic heterocycles. The van der Waals surface area contributed by atoms with E-state index in [9.17, 15) is 26.7 Å². The molecular formula is C32H44ClN5O8S2. The fourth-order valence-electron chi connectivity index (χ4n) is 5.31. The number of anilines is 1. The lowest BCUT2D eigenvalue weighted by molar-refractivity contribution is -0.00835.